The van der Waals surface area contributed by atoms with E-state index in [2.05, 4.69) is 76.5 Å². The molecule has 5 heteroatoms. The maximum absolute atomic E-state index is 6.36. The largest absolute Gasteiger partial charge is 0.497 e. The van der Waals surface area contributed by atoms with Gasteiger partial charge in [0.2, 0.25) is 0 Å². The zero-order valence-electron chi connectivity index (χ0n) is 23.7. The van der Waals surface area contributed by atoms with Crippen molar-refractivity contribution in [3.8, 4) is 17.2 Å². The van der Waals surface area contributed by atoms with Crippen LogP contribution in [-0.2, 0) is 19.5 Å². The fourth-order valence-corrected chi connectivity index (χ4v) is 6.33. The van der Waals surface area contributed by atoms with E-state index in [1.165, 1.54) is 48.8 Å². The molecule has 2 heterocycles. The maximum Gasteiger partial charge on any atom is 0.122 e. The molecular weight excluding hydrogens is 484 g/mol. The number of ether oxygens (including phenoxy) is 3. The highest BCUT2D eigenvalue weighted by Crippen LogP contribution is 2.39. The van der Waals surface area contributed by atoms with Gasteiger partial charge in [-0.05, 0) is 97.6 Å². The molecule has 0 aliphatic carbocycles. The normalized spacial score (nSPS) is 18.8. The third kappa shape index (κ3) is 7.55. The van der Waals surface area contributed by atoms with Gasteiger partial charge < -0.3 is 14.2 Å². The first-order valence-corrected chi connectivity index (χ1v) is 14.6. The van der Waals surface area contributed by atoms with Gasteiger partial charge in [0, 0.05) is 26.2 Å². The Labute approximate surface area is 234 Å². The molecule has 2 aliphatic rings. The molecule has 39 heavy (non-hydrogen) atoms. The summed E-state index contributed by atoms with van der Waals surface area (Å²) >= 11 is 0. The Hall–Kier alpha value is -3.02. The highest BCUT2D eigenvalue weighted by molar-refractivity contribution is 5.33. The lowest BCUT2D eigenvalue weighted by atomic mass is 9.73. The van der Waals surface area contributed by atoms with E-state index >= 15 is 0 Å². The van der Waals surface area contributed by atoms with Crippen molar-refractivity contribution in [3.05, 3.63) is 89.5 Å². The van der Waals surface area contributed by atoms with Crippen LogP contribution in [0.5, 0.6) is 17.2 Å². The first kappa shape index (κ1) is 27.5. The van der Waals surface area contributed by atoms with E-state index in [1.54, 1.807) is 14.2 Å². The minimum absolute atomic E-state index is 0.343. The molecule has 3 aromatic rings. The average Bonchev–Trinajstić information content (AvgIpc) is 2.97. The van der Waals surface area contributed by atoms with Crippen LogP contribution in [0.3, 0.4) is 0 Å². The number of aryl methyl sites for hydroxylation is 1. The Balaban J connectivity index is 1.30. The third-order valence-electron chi connectivity index (χ3n) is 8.62. The molecule has 5 rings (SSSR count). The van der Waals surface area contributed by atoms with Gasteiger partial charge in [0.05, 0.1) is 14.2 Å². The standard InChI is InChI=1S/C34H44N2O3/c1-37-31-15-13-28(14-16-31)25-36-22-23-39-33-12-4-3-9-30(33)10-5-6-17-34(27-36)18-20-35(21-19-34)26-29-8-7-11-32(24-29)38-2/h3-4,7-9,11-16,24H,5-6,10,17-23,25-27H2,1-2H3. The fourth-order valence-electron chi connectivity index (χ4n) is 6.33. The topological polar surface area (TPSA) is 34.2 Å². The summed E-state index contributed by atoms with van der Waals surface area (Å²) in [5, 5.41) is 0. The quantitative estimate of drug-likeness (QED) is 0.360. The zero-order chi connectivity index (χ0) is 26.9. The average molecular weight is 529 g/mol. The van der Waals surface area contributed by atoms with Crippen LogP contribution < -0.4 is 14.2 Å². The SMILES string of the molecule is COc1ccc(CN2CCOc3ccccc3CCCCC3(CCN(Cc4cccc(OC)c4)CC3)C2)cc1. The predicted molar refractivity (Wildman–Crippen MR) is 158 cm³/mol. The second kappa shape index (κ2) is 13.4. The molecule has 1 saturated heterocycles. The summed E-state index contributed by atoms with van der Waals surface area (Å²) in [6, 6.07) is 25.7. The summed E-state index contributed by atoms with van der Waals surface area (Å²) < 4.78 is 17.2. The van der Waals surface area contributed by atoms with Crippen molar-refractivity contribution < 1.29 is 14.2 Å². The van der Waals surface area contributed by atoms with Gasteiger partial charge in [-0.1, -0.05) is 48.9 Å². The second-order valence-electron chi connectivity index (χ2n) is 11.3. The molecule has 1 spiro atoms. The molecule has 0 radical (unpaired) electrons. The number of nitrogens with zero attached hydrogens (tertiary/aromatic N) is 2. The zero-order valence-corrected chi connectivity index (χ0v) is 23.7. The molecule has 0 N–H and O–H groups in total. The van der Waals surface area contributed by atoms with Gasteiger partial charge in [0.25, 0.3) is 0 Å². The molecule has 0 bridgehead atoms. The Bertz CT molecular complexity index is 1170. The molecular formula is C34H44N2O3. The van der Waals surface area contributed by atoms with E-state index in [-0.39, 0.29) is 0 Å². The van der Waals surface area contributed by atoms with Gasteiger partial charge in [-0.3, -0.25) is 9.80 Å². The minimum Gasteiger partial charge on any atom is -0.497 e. The summed E-state index contributed by atoms with van der Waals surface area (Å²) in [6.45, 7) is 6.98. The van der Waals surface area contributed by atoms with Crippen molar-refractivity contribution >= 4 is 0 Å². The Morgan fingerprint density at radius 2 is 1.49 bits per heavy atom. The van der Waals surface area contributed by atoms with Gasteiger partial charge >= 0.3 is 0 Å². The first-order chi connectivity index (χ1) is 19.1. The van der Waals surface area contributed by atoms with Crippen molar-refractivity contribution in [1.29, 1.82) is 0 Å². The number of methoxy groups -OCH3 is 2. The van der Waals surface area contributed by atoms with Gasteiger partial charge in [-0.2, -0.15) is 0 Å². The van der Waals surface area contributed by atoms with Crippen molar-refractivity contribution in [2.75, 3.05) is 47.0 Å². The van der Waals surface area contributed by atoms with E-state index in [1.807, 2.05) is 6.07 Å². The number of hydrogen-bond acceptors (Lipinski definition) is 5. The van der Waals surface area contributed by atoms with Crippen molar-refractivity contribution in [3.63, 3.8) is 0 Å². The van der Waals surface area contributed by atoms with Crippen molar-refractivity contribution in [2.45, 2.75) is 51.6 Å². The van der Waals surface area contributed by atoms with Gasteiger partial charge in [0.1, 0.15) is 23.9 Å². The lowest BCUT2D eigenvalue weighted by Crippen LogP contribution is -2.46. The molecule has 208 valence electrons. The van der Waals surface area contributed by atoms with Gasteiger partial charge in [-0.25, -0.2) is 0 Å². The smallest absolute Gasteiger partial charge is 0.122 e. The maximum atomic E-state index is 6.36. The summed E-state index contributed by atoms with van der Waals surface area (Å²) in [5.74, 6) is 2.91. The molecule has 0 atom stereocenters. The Kier molecular flexibility index (Phi) is 9.44. The monoisotopic (exact) mass is 528 g/mol. The van der Waals surface area contributed by atoms with Crippen LogP contribution in [0.4, 0.5) is 0 Å². The van der Waals surface area contributed by atoms with Crippen LogP contribution in [0.25, 0.3) is 0 Å². The van der Waals surface area contributed by atoms with E-state index in [9.17, 15) is 0 Å². The molecule has 1 fully saturated rings. The van der Waals surface area contributed by atoms with E-state index < -0.39 is 0 Å². The van der Waals surface area contributed by atoms with Gasteiger partial charge in [-0.15, -0.1) is 0 Å². The molecule has 0 aromatic heterocycles. The number of para-hydroxylation sites is 1. The number of fused-ring (bicyclic) bond motifs is 1. The summed E-state index contributed by atoms with van der Waals surface area (Å²) in [7, 11) is 3.47. The first-order valence-electron chi connectivity index (χ1n) is 14.6. The minimum atomic E-state index is 0.343. The van der Waals surface area contributed by atoms with Crippen LogP contribution in [-0.4, -0.2) is 56.8 Å². The lowest BCUT2D eigenvalue weighted by Gasteiger charge is -2.45. The number of rotatable bonds is 6. The summed E-state index contributed by atoms with van der Waals surface area (Å²) in [4.78, 5) is 5.27. The van der Waals surface area contributed by atoms with Crippen LogP contribution >= 0.6 is 0 Å². The molecule has 0 saturated carbocycles. The van der Waals surface area contributed by atoms with Crippen LogP contribution in [0.2, 0.25) is 0 Å². The molecule has 0 unspecified atom stereocenters. The predicted octanol–water partition coefficient (Wildman–Crippen LogP) is 6.59. The number of piperidine rings is 1. The Morgan fingerprint density at radius 1 is 0.718 bits per heavy atom. The fraction of sp³-hybridized carbons (Fsp3) is 0.471. The number of hydrogen-bond donors (Lipinski definition) is 0. The van der Waals surface area contributed by atoms with Gasteiger partial charge in [0.15, 0.2) is 0 Å². The van der Waals surface area contributed by atoms with E-state index in [4.69, 9.17) is 14.2 Å². The molecule has 3 aromatic carbocycles. The number of likely N-dealkylation sites (tertiary alicyclic amines) is 1. The molecule has 2 aliphatic heterocycles. The van der Waals surface area contributed by atoms with Crippen LogP contribution in [0.15, 0.2) is 72.8 Å². The van der Waals surface area contributed by atoms with Crippen LogP contribution in [0, 0.1) is 5.41 Å². The van der Waals surface area contributed by atoms with Crippen LogP contribution in [0.1, 0.15) is 48.8 Å². The summed E-state index contributed by atoms with van der Waals surface area (Å²) in [5.41, 5.74) is 4.35. The van der Waals surface area contributed by atoms with Crippen molar-refractivity contribution in [1.82, 2.24) is 9.80 Å². The lowest BCUT2D eigenvalue weighted by molar-refractivity contribution is 0.0409. The number of benzene rings is 3. The van der Waals surface area contributed by atoms with E-state index in [0.29, 0.717) is 12.0 Å². The molecule has 5 nitrogen and oxygen atoms in total. The Morgan fingerprint density at radius 3 is 2.28 bits per heavy atom. The van der Waals surface area contributed by atoms with E-state index in [0.717, 1.165) is 62.9 Å². The molecule has 0 amide bonds. The highest BCUT2D eigenvalue weighted by atomic mass is 16.5. The summed E-state index contributed by atoms with van der Waals surface area (Å²) in [6.07, 6.45) is 7.36. The highest BCUT2D eigenvalue weighted by Gasteiger charge is 2.36. The second-order valence-corrected chi connectivity index (χ2v) is 11.3. The third-order valence-corrected chi connectivity index (χ3v) is 8.62. The van der Waals surface area contributed by atoms with Crippen molar-refractivity contribution in [2.24, 2.45) is 5.41 Å².